The Bertz CT molecular complexity index is 490. The fourth-order valence-electron chi connectivity index (χ4n) is 2.18. The molecule has 0 spiro atoms. The molecule has 0 bridgehead atoms. The monoisotopic (exact) mass is 329 g/mol. The molecule has 0 radical (unpaired) electrons. The van der Waals surface area contributed by atoms with Crippen LogP contribution in [0, 0.1) is 0 Å². The summed E-state index contributed by atoms with van der Waals surface area (Å²) in [4.78, 5) is 25.5. The van der Waals surface area contributed by atoms with Crippen LogP contribution in [0.15, 0.2) is 5.16 Å². The predicted molar refractivity (Wildman–Crippen MR) is 84.8 cm³/mol. The molecule has 2 unspecified atom stereocenters. The van der Waals surface area contributed by atoms with Gasteiger partial charge in [-0.25, -0.2) is 9.59 Å². The number of oxime groups is 1. The highest BCUT2D eigenvalue weighted by Gasteiger charge is 2.42. The topological polar surface area (TPSA) is 100 Å². The van der Waals surface area contributed by atoms with Gasteiger partial charge in [-0.15, -0.1) is 0 Å². The Morgan fingerprint density at radius 2 is 1.70 bits per heavy atom. The first kappa shape index (κ1) is 19.1. The standard InChI is InChI=1S/C15H27N3O5/c1-9-11(17-21)10(16-12(19)22-14(2,3)4)8-18(9)13(20)23-15(5,6)7/h9-10,21H,8H2,1-7H3,(H,16,19). The van der Waals surface area contributed by atoms with Crippen LogP contribution in [-0.2, 0) is 9.47 Å². The normalized spacial score (nSPS) is 23.8. The summed E-state index contributed by atoms with van der Waals surface area (Å²) in [6.07, 6.45) is -1.17. The minimum absolute atomic E-state index is 0.148. The van der Waals surface area contributed by atoms with Gasteiger partial charge in [0.15, 0.2) is 0 Å². The second kappa shape index (κ2) is 6.64. The number of nitrogens with zero attached hydrogens (tertiary/aromatic N) is 2. The number of alkyl carbamates (subject to hydrolysis) is 1. The van der Waals surface area contributed by atoms with Crippen LogP contribution in [0.5, 0.6) is 0 Å². The van der Waals surface area contributed by atoms with Crippen LogP contribution in [0.25, 0.3) is 0 Å². The van der Waals surface area contributed by atoms with Crippen LogP contribution in [0.3, 0.4) is 0 Å². The molecular weight excluding hydrogens is 302 g/mol. The van der Waals surface area contributed by atoms with Crippen molar-refractivity contribution in [1.29, 1.82) is 0 Å². The minimum Gasteiger partial charge on any atom is -0.444 e. The minimum atomic E-state index is -0.643. The van der Waals surface area contributed by atoms with Gasteiger partial charge < -0.3 is 20.0 Å². The number of carbonyl (C=O) groups is 2. The molecule has 8 nitrogen and oxygen atoms in total. The van der Waals surface area contributed by atoms with E-state index in [1.54, 1.807) is 48.5 Å². The molecule has 1 aliphatic heterocycles. The lowest BCUT2D eigenvalue weighted by molar-refractivity contribution is 0.0240. The molecule has 2 atom stereocenters. The Morgan fingerprint density at radius 1 is 1.17 bits per heavy atom. The Kier molecular flexibility index (Phi) is 5.50. The largest absolute Gasteiger partial charge is 0.444 e. The van der Waals surface area contributed by atoms with E-state index in [0.717, 1.165) is 0 Å². The molecule has 8 heteroatoms. The van der Waals surface area contributed by atoms with Crippen LogP contribution in [0.1, 0.15) is 48.5 Å². The summed E-state index contributed by atoms with van der Waals surface area (Å²) in [6, 6.07) is -1.12. The first-order chi connectivity index (χ1) is 10.3. The van der Waals surface area contributed by atoms with Crippen molar-refractivity contribution in [2.75, 3.05) is 6.54 Å². The van der Waals surface area contributed by atoms with Crippen molar-refractivity contribution < 1.29 is 24.3 Å². The zero-order chi connectivity index (χ0) is 18.0. The van der Waals surface area contributed by atoms with Crippen LogP contribution in [-0.4, -0.2) is 57.8 Å². The fraction of sp³-hybridized carbons (Fsp3) is 0.800. The third kappa shape index (κ3) is 5.61. The molecule has 2 N–H and O–H groups in total. The molecule has 0 aromatic carbocycles. The van der Waals surface area contributed by atoms with Crippen molar-refractivity contribution in [3.05, 3.63) is 0 Å². The van der Waals surface area contributed by atoms with Crippen LogP contribution >= 0.6 is 0 Å². The van der Waals surface area contributed by atoms with E-state index in [-0.39, 0.29) is 12.3 Å². The molecule has 1 saturated heterocycles. The number of ether oxygens (including phenoxy) is 2. The molecule has 0 saturated carbocycles. The number of likely N-dealkylation sites (tertiary alicyclic amines) is 1. The zero-order valence-corrected chi connectivity index (χ0v) is 14.8. The summed E-state index contributed by atoms with van der Waals surface area (Å²) in [6.45, 7) is 12.4. The van der Waals surface area contributed by atoms with Crippen LogP contribution < -0.4 is 5.32 Å². The Balaban J connectivity index is 2.80. The highest BCUT2D eigenvalue weighted by atomic mass is 16.6. The highest BCUT2D eigenvalue weighted by molar-refractivity contribution is 6.00. The van der Waals surface area contributed by atoms with Gasteiger partial charge in [0.1, 0.15) is 16.9 Å². The van der Waals surface area contributed by atoms with E-state index in [4.69, 9.17) is 9.47 Å². The van der Waals surface area contributed by atoms with E-state index in [2.05, 4.69) is 10.5 Å². The maximum atomic E-state index is 12.2. The predicted octanol–water partition coefficient (Wildman–Crippen LogP) is 2.35. The molecule has 1 fully saturated rings. The van der Waals surface area contributed by atoms with Gasteiger partial charge in [-0.3, -0.25) is 4.90 Å². The van der Waals surface area contributed by atoms with E-state index in [9.17, 15) is 14.8 Å². The number of amides is 2. The van der Waals surface area contributed by atoms with Crippen molar-refractivity contribution in [3.63, 3.8) is 0 Å². The summed E-state index contributed by atoms with van der Waals surface area (Å²) >= 11 is 0. The molecule has 0 aromatic heterocycles. The van der Waals surface area contributed by atoms with E-state index < -0.39 is 35.5 Å². The number of carbonyl (C=O) groups excluding carboxylic acids is 2. The quantitative estimate of drug-likeness (QED) is 0.568. The van der Waals surface area contributed by atoms with Crippen molar-refractivity contribution in [1.82, 2.24) is 10.2 Å². The first-order valence-electron chi connectivity index (χ1n) is 7.55. The Morgan fingerprint density at radius 3 is 2.13 bits per heavy atom. The van der Waals surface area contributed by atoms with Gasteiger partial charge in [0, 0.05) is 0 Å². The molecule has 23 heavy (non-hydrogen) atoms. The Labute approximate surface area is 136 Å². The molecule has 1 heterocycles. The van der Waals surface area contributed by atoms with E-state index in [1.807, 2.05) is 0 Å². The van der Waals surface area contributed by atoms with Crippen molar-refractivity contribution in [2.45, 2.75) is 71.8 Å². The maximum absolute atomic E-state index is 12.2. The number of nitrogens with one attached hydrogen (secondary N) is 1. The van der Waals surface area contributed by atoms with Gasteiger partial charge in [0.25, 0.3) is 0 Å². The van der Waals surface area contributed by atoms with Gasteiger partial charge in [-0.05, 0) is 48.5 Å². The molecular formula is C15H27N3O5. The zero-order valence-electron chi connectivity index (χ0n) is 14.8. The van der Waals surface area contributed by atoms with Gasteiger partial charge in [-0.2, -0.15) is 0 Å². The van der Waals surface area contributed by atoms with Crippen molar-refractivity contribution in [3.8, 4) is 0 Å². The smallest absolute Gasteiger partial charge is 0.410 e. The van der Waals surface area contributed by atoms with Crippen LogP contribution in [0.2, 0.25) is 0 Å². The summed E-state index contributed by atoms with van der Waals surface area (Å²) in [5.74, 6) is 0. The van der Waals surface area contributed by atoms with E-state index in [1.165, 1.54) is 4.90 Å². The third-order valence-electron chi connectivity index (χ3n) is 3.07. The SMILES string of the molecule is CC1C(=NO)C(NC(=O)OC(C)(C)C)CN1C(=O)OC(C)(C)C. The average Bonchev–Trinajstić information content (AvgIpc) is 2.60. The van der Waals surface area contributed by atoms with Gasteiger partial charge in [-0.1, -0.05) is 5.16 Å². The fourth-order valence-corrected chi connectivity index (χ4v) is 2.18. The number of hydrogen-bond donors (Lipinski definition) is 2. The lowest BCUT2D eigenvalue weighted by Gasteiger charge is -2.26. The summed E-state index contributed by atoms with van der Waals surface area (Å²) in [5, 5.41) is 15.0. The van der Waals surface area contributed by atoms with E-state index >= 15 is 0 Å². The second-order valence-electron chi connectivity index (χ2n) is 7.53. The Hall–Kier alpha value is -1.99. The van der Waals surface area contributed by atoms with Gasteiger partial charge in [0.05, 0.1) is 18.6 Å². The molecule has 132 valence electrons. The lowest BCUT2D eigenvalue weighted by atomic mass is 10.1. The second-order valence-corrected chi connectivity index (χ2v) is 7.53. The summed E-state index contributed by atoms with van der Waals surface area (Å²) in [5.41, 5.74) is -0.999. The summed E-state index contributed by atoms with van der Waals surface area (Å²) in [7, 11) is 0. The molecule has 0 aliphatic carbocycles. The number of rotatable bonds is 1. The van der Waals surface area contributed by atoms with Gasteiger partial charge in [0.2, 0.25) is 0 Å². The van der Waals surface area contributed by atoms with Gasteiger partial charge >= 0.3 is 12.2 Å². The van der Waals surface area contributed by atoms with Crippen molar-refractivity contribution in [2.24, 2.45) is 5.16 Å². The molecule has 1 rings (SSSR count). The molecule has 2 amide bonds. The summed E-state index contributed by atoms with van der Waals surface area (Å²) < 4.78 is 10.5. The third-order valence-corrected chi connectivity index (χ3v) is 3.07. The first-order valence-corrected chi connectivity index (χ1v) is 7.55. The maximum Gasteiger partial charge on any atom is 0.410 e. The molecule has 1 aliphatic rings. The highest BCUT2D eigenvalue weighted by Crippen LogP contribution is 2.20. The van der Waals surface area contributed by atoms with Crippen molar-refractivity contribution >= 4 is 17.9 Å². The lowest BCUT2D eigenvalue weighted by Crippen LogP contribution is -2.44. The number of hydrogen-bond acceptors (Lipinski definition) is 6. The van der Waals surface area contributed by atoms with Crippen LogP contribution in [0.4, 0.5) is 9.59 Å². The molecule has 0 aromatic rings. The average molecular weight is 329 g/mol. The van der Waals surface area contributed by atoms with E-state index in [0.29, 0.717) is 0 Å².